The molecule has 0 atom stereocenters. The number of aromatic carboxylic acids is 1. The fourth-order valence-corrected chi connectivity index (χ4v) is 1.26. The average molecular weight is 252 g/mol. The number of hydrogen-bond acceptors (Lipinski definition) is 3. The van der Waals surface area contributed by atoms with E-state index in [1.165, 1.54) is 26.0 Å². The van der Waals surface area contributed by atoms with Gasteiger partial charge in [0.05, 0.1) is 5.41 Å². The van der Waals surface area contributed by atoms with Crippen molar-refractivity contribution in [1.29, 1.82) is 0 Å². The highest BCUT2D eigenvalue weighted by Crippen LogP contribution is 2.23. The highest BCUT2D eigenvalue weighted by atomic mass is 16.5. The molecule has 0 aliphatic rings. The molecular weight excluding hydrogens is 236 g/mol. The lowest BCUT2D eigenvalue weighted by Crippen LogP contribution is -2.31. The molecule has 18 heavy (non-hydrogen) atoms. The van der Waals surface area contributed by atoms with E-state index in [0.717, 1.165) is 5.56 Å². The van der Waals surface area contributed by atoms with Crippen LogP contribution in [0.15, 0.2) is 18.2 Å². The van der Waals surface area contributed by atoms with Crippen LogP contribution in [-0.4, -0.2) is 28.8 Å². The Morgan fingerprint density at radius 2 is 1.89 bits per heavy atom. The molecule has 0 aliphatic carbocycles. The second-order valence-electron chi connectivity index (χ2n) is 4.78. The summed E-state index contributed by atoms with van der Waals surface area (Å²) < 4.78 is 5.32. The molecule has 1 rings (SSSR count). The lowest BCUT2D eigenvalue weighted by atomic mass is 9.95. The van der Waals surface area contributed by atoms with Crippen molar-refractivity contribution in [1.82, 2.24) is 0 Å². The number of hydrogen-bond donors (Lipinski definition) is 2. The number of carboxylic acids is 2. The van der Waals surface area contributed by atoms with Gasteiger partial charge in [-0.05, 0) is 32.9 Å². The maximum absolute atomic E-state index is 11.0. The monoisotopic (exact) mass is 252 g/mol. The lowest BCUT2D eigenvalue weighted by molar-refractivity contribution is -0.148. The second-order valence-corrected chi connectivity index (χ2v) is 4.78. The molecule has 0 bridgehead atoms. The Bertz CT molecular complexity index is 476. The number of aliphatic carboxylic acids is 1. The summed E-state index contributed by atoms with van der Waals surface area (Å²) in [5, 5.41) is 18.0. The summed E-state index contributed by atoms with van der Waals surface area (Å²) in [4.78, 5) is 22.0. The van der Waals surface area contributed by atoms with Crippen molar-refractivity contribution in [3.63, 3.8) is 0 Å². The van der Waals surface area contributed by atoms with E-state index >= 15 is 0 Å². The third-order valence-electron chi connectivity index (χ3n) is 2.53. The molecule has 0 aromatic heterocycles. The topological polar surface area (TPSA) is 83.8 Å². The van der Waals surface area contributed by atoms with E-state index in [2.05, 4.69) is 0 Å². The number of carboxylic acid groups (broad SMARTS) is 2. The summed E-state index contributed by atoms with van der Waals surface area (Å²) in [6.45, 7) is 4.72. The molecule has 5 nitrogen and oxygen atoms in total. The van der Waals surface area contributed by atoms with Gasteiger partial charge in [0.15, 0.2) is 0 Å². The van der Waals surface area contributed by atoms with Crippen molar-refractivity contribution in [2.45, 2.75) is 20.8 Å². The van der Waals surface area contributed by atoms with Crippen LogP contribution in [-0.2, 0) is 4.79 Å². The number of ether oxygens (including phenoxy) is 1. The zero-order valence-electron chi connectivity index (χ0n) is 10.6. The minimum atomic E-state index is -1.10. The Labute approximate surface area is 105 Å². The molecule has 0 heterocycles. The van der Waals surface area contributed by atoms with Crippen molar-refractivity contribution in [3.8, 4) is 5.75 Å². The van der Waals surface area contributed by atoms with Crippen LogP contribution >= 0.6 is 0 Å². The van der Waals surface area contributed by atoms with Crippen LogP contribution in [0.3, 0.4) is 0 Å². The highest BCUT2D eigenvalue weighted by Gasteiger charge is 2.28. The lowest BCUT2D eigenvalue weighted by Gasteiger charge is -2.20. The van der Waals surface area contributed by atoms with Gasteiger partial charge in [-0.2, -0.15) is 0 Å². The highest BCUT2D eigenvalue weighted by molar-refractivity contribution is 5.91. The van der Waals surface area contributed by atoms with Gasteiger partial charge in [0.1, 0.15) is 17.9 Å². The first-order chi connectivity index (χ1) is 8.24. The Hall–Kier alpha value is -2.04. The van der Waals surface area contributed by atoms with E-state index in [9.17, 15) is 9.59 Å². The van der Waals surface area contributed by atoms with Crippen LogP contribution in [0.25, 0.3) is 0 Å². The first-order valence-corrected chi connectivity index (χ1v) is 5.44. The summed E-state index contributed by atoms with van der Waals surface area (Å²) in [5.41, 5.74) is -0.228. The van der Waals surface area contributed by atoms with Gasteiger partial charge in [-0.15, -0.1) is 0 Å². The van der Waals surface area contributed by atoms with E-state index in [-0.39, 0.29) is 17.9 Å². The molecule has 0 radical (unpaired) electrons. The summed E-state index contributed by atoms with van der Waals surface area (Å²) in [6.07, 6.45) is 0. The molecule has 0 saturated heterocycles. The minimum Gasteiger partial charge on any atom is -0.492 e. The Kier molecular flexibility index (Phi) is 3.96. The normalized spacial score (nSPS) is 11.1. The van der Waals surface area contributed by atoms with Gasteiger partial charge in [0.2, 0.25) is 0 Å². The summed E-state index contributed by atoms with van der Waals surface area (Å²) in [6, 6.07) is 4.75. The van der Waals surface area contributed by atoms with Gasteiger partial charge >= 0.3 is 11.9 Å². The third-order valence-corrected chi connectivity index (χ3v) is 2.53. The Morgan fingerprint density at radius 1 is 1.28 bits per heavy atom. The first-order valence-electron chi connectivity index (χ1n) is 5.44. The molecule has 1 aromatic carbocycles. The molecule has 0 unspecified atom stereocenters. The average Bonchev–Trinajstić information content (AvgIpc) is 2.27. The van der Waals surface area contributed by atoms with Gasteiger partial charge in [-0.1, -0.05) is 11.6 Å². The second kappa shape index (κ2) is 5.08. The predicted octanol–water partition coefficient (Wildman–Crippen LogP) is 2.18. The quantitative estimate of drug-likeness (QED) is 0.839. The van der Waals surface area contributed by atoms with Gasteiger partial charge in [-0.3, -0.25) is 4.79 Å². The number of benzene rings is 1. The van der Waals surface area contributed by atoms with Crippen molar-refractivity contribution in [2.75, 3.05) is 6.61 Å². The summed E-state index contributed by atoms with van der Waals surface area (Å²) in [5.74, 6) is -1.91. The van der Waals surface area contributed by atoms with Crippen LogP contribution < -0.4 is 4.74 Å². The molecule has 2 N–H and O–H groups in total. The van der Waals surface area contributed by atoms with E-state index in [4.69, 9.17) is 14.9 Å². The SMILES string of the molecule is Cc1ccc(OCC(C)(C)C(=O)O)c(C(=O)O)c1. The van der Waals surface area contributed by atoms with Gasteiger partial charge < -0.3 is 14.9 Å². The van der Waals surface area contributed by atoms with Crippen LogP contribution in [0.1, 0.15) is 29.8 Å². The van der Waals surface area contributed by atoms with E-state index in [1.807, 2.05) is 0 Å². The molecule has 0 saturated carbocycles. The van der Waals surface area contributed by atoms with Gasteiger partial charge in [0.25, 0.3) is 0 Å². The Morgan fingerprint density at radius 3 is 2.39 bits per heavy atom. The number of carbonyl (C=O) groups is 2. The smallest absolute Gasteiger partial charge is 0.339 e. The predicted molar refractivity (Wildman–Crippen MR) is 65.1 cm³/mol. The molecule has 0 fully saturated rings. The maximum atomic E-state index is 11.0. The largest absolute Gasteiger partial charge is 0.492 e. The summed E-state index contributed by atoms with van der Waals surface area (Å²) in [7, 11) is 0. The molecule has 5 heteroatoms. The van der Waals surface area contributed by atoms with Crippen LogP contribution in [0.4, 0.5) is 0 Å². The third kappa shape index (κ3) is 3.23. The number of aryl methyl sites for hydroxylation is 1. The Balaban J connectivity index is 2.92. The van der Waals surface area contributed by atoms with Crippen molar-refractivity contribution in [3.05, 3.63) is 29.3 Å². The van der Waals surface area contributed by atoms with E-state index < -0.39 is 17.4 Å². The van der Waals surface area contributed by atoms with Crippen LogP contribution in [0, 0.1) is 12.3 Å². The fraction of sp³-hybridized carbons (Fsp3) is 0.385. The van der Waals surface area contributed by atoms with Gasteiger partial charge in [0, 0.05) is 0 Å². The number of rotatable bonds is 5. The molecule has 0 spiro atoms. The van der Waals surface area contributed by atoms with Crippen molar-refractivity contribution in [2.24, 2.45) is 5.41 Å². The first kappa shape index (κ1) is 14.0. The molecule has 0 amide bonds. The van der Waals surface area contributed by atoms with Crippen LogP contribution in [0.2, 0.25) is 0 Å². The van der Waals surface area contributed by atoms with E-state index in [0.29, 0.717) is 0 Å². The zero-order valence-corrected chi connectivity index (χ0v) is 10.6. The minimum absolute atomic E-state index is 0.0381. The fourth-order valence-electron chi connectivity index (χ4n) is 1.26. The van der Waals surface area contributed by atoms with Crippen LogP contribution in [0.5, 0.6) is 5.75 Å². The van der Waals surface area contributed by atoms with E-state index in [1.54, 1.807) is 13.0 Å². The molecule has 98 valence electrons. The van der Waals surface area contributed by atoms with Gasteiger partial charge in [-0.25, -0.2) is 4.79 Å². The standard InChI is InChI=1S/C13H16O5/c1-8-4-5-10(9(6-8)11(14)15)18-7-13(2,3)12(16)17/h4-6H,7H2,1-3H3,(H,14,15)(H,16,17). The molecule has 0 aliphatic heterocycles. The summed E-state index contributed by atoms with van der Waals surface area (Å²) >= 11 is 0. The molecular formula is C13H16O5. The van der Waals surface area contributed by atoms with Crippen molar-refractivity contribution >= 4 is 11.9 Å². The maximum Gasteiger partial charge on any atom is 0.339 e. The molecule has 1 aromatic rings. The van der Waals surface area contributed by atoms with Crippen molar-refractivity contribution < 1.29 is 24.5 Å². The zero-order chi connectivity index (χ0) is 13.9.